The predicted molar refractivity (Wildman–Crippen MR) is 83.5 cm³/mol. The number of hydrogen-bond acceptors (Lipinski definition) is 3. The number of anilines is 1. The van der Waals surface area contributed by atoms with E-state index in [9.17, 15) is 0 Å². The lowest BCUT2D eigenvalue weighted by atomic mass is 10.3. The Morgan fingerprint density at radius 1 is 1.05 bits per heavy atom. The van der Waals surface area contributed by atoms with Crippen LogP contribution in [-0.2, 0) is 0 Å². The van der Waals surface area contributed by atoms with Gasteiger partial charge in [0.2, 0.25) is 0 Å². The minimum Gasteiger partial charge on any atom is -0.493 e. The molecule has 0 atom stereocenters. The van der Waals surface area contributed by atoms with Gasteiger partial charge in [-0.25, -0.2) is 0 Å². The number of nitrogen functional groups attached to an aromatic ring is 1. The van der Waals surface area contributed by atoms with Gasteiger partial charge in [-0.15, -0.1) is 11.8 Å². The summed E-state index contributed by atoms with van der Waals surface area (Å²) >= 11 is 13.5. The molecule has 0 amide bonds. The van der Waals surface area contributed by atoms with Crippen LogP contribution in [0.25, 0.3) is 0 Å². The number of ether oxygens (including phenoxy) is 1. The molecule has 0 spiro atoms. The van der Waals surface area contributed by atoms with Crippen LogP contribution in [0.3, 0.4) is 0 Å². The molecule has 0 aliphatic heterocycles. The molecule has 2 rings (SSSR count). The fourth-order valence-electron chi connectivity index (χ4n) is 1.51. The molecule has 0 saturated carbocycles. The van der Waals surface area contributed by atoms with Crippen LogP contribution in [0.15, 0.2) is 47.4 Å². The van der Waals surface area contributed by atoms with Crippen LogP contribution in [0.5, 0.6) is 5.75 Å². The van der Waals surface area contributed by atoms with Gasteiger partial charge in [0, 0.05) is 21.4 Å². The Hall–Kier alpha value is -1.03. The van der Waals surface area contributed by atoms with Crippen molar-refractivity contribution in [3.8, 4) is 5.75 Å². The van der Waals surface area contributed by atoms with E-state index in [4.69, 9.17) is 33.7 Å². The quantitative estimate of drug-likeness (QED) is 0.491. The van der Waals surface area contributed by atoms with Crippen LogP contribution >= 0.6 is 35.0 Å². The number of nitrogens with two attached hydrogens (primary N) is 1. The first-order chi connectivity index (χ1) is 9.16. The summed E-state index contributed by atoms with van der Waals surface area (Å²) in [5, 5.41) is 1.38. The Bertz CT molecular complexity index is 525. The molecule has 19 heavy (non-hydrogen) atoms. The molecule has 0 heterocycles. The highest BCUT2D eigenvalue weighted by molar-refractivity contribution is 7.99. The third-order valence-electron chi connectivity index (χ3n) is 2.41. The minimum atomic E-state index is 0.580. The molecule has 2 aromatic carbocycles. The molecule has 100 valence electrons. The Kier molecular flexibility index (Phi) is 5.25. The highest BCUT2D eigenvalue weighted by Crippen LogP contribution is 2.32. The molecule has 5 heteroatoms. The highest BCUT2D eigenvalue weighted by atomic mass is 35.5. The number of thioether (sulfide) groups is 1. The normalized spacial score (nSPS) is 10.4. The molecule has 0 bridgehead atoms. The van der Waals surface area contributed by atoms with Crippen LogP contribution in [0.4, 0.5) is 5.69 Å². The van der Waals surface area contributed by atoms with E-state index in [-0.39, 0.29) is 0 Å². The molecular weight excluding hydrogens is 301 g/mol. The SMILES string of the molecule is Nc1cccc(Cl)c1SCCOc1ccc(Cl)cc1. The van der Waals surface area contributed by atoms with Crippen molar-refractivity contribution in [3.05, 3.63) is 52.5 Å². The van der Waals surface area contributed by atoms with E-state index < -0.39 is 0 Å². The lowest BCUT2D eigenvalue weighted by Gasteiger charge is -2.09. The fraction of sp³-hybridized carbons (Fsp3) is 0.143. The van der Waals surface area contributed by atoms with Gasteiger partial charge in [0.15, 0.2) is 0 Å². The average Bonchev–Trinajstić information content (AvgIpc) is 2.39. The summed E-state index contributed by atoms with van der Waals surface area (Å²) in [5.41, 5.74) is 6.57. The van der Waals surface area contributed by atoms with Crippen molar-refractivity contribution in [1.29, 1.82) is 0 Å². The molecule has 0 aromatic heterocycles. The summed E-state index contributed by atoms with van der Waals surface area (Å²) in [6, 6.07) is 12.8. The standard InChI is InChI=1S/C14H13Cl2NOS/c15-10-4-6-11(7-5-10)18-8-9-19-14-12(16)2-1-3-13(14)17/h1-7H,8-9,17H2. The van der Waals surface area contributed by atoms with E-state index in [1.54, 1.807) is 23.9 Å². The van der Waals surface area contributed by atoms with E-state index in [2.05, 4.69) is 0 Å². The maximum atomic E-state index is 6.09. The van der Waals surface area contributed by atoms with Gasteiger partial charge in [0.1, 0.15) is 5.75 Å². The smallest absolute Gasteiger partial charge is 0.119 e. The van der Waals surface area contributed by atoms with Crippen LogP contribution in [0.2, 0.25) is 10.0 Å². The van der Waals surface area contributed by atoms with E-state index in [0.29, 0.717) is 22.3 Å². The van der Waals surface area contributed by atoms with Crippen molar-refractivity contribution in [2.45, 2.75) is 4.90 Å². The first-order valence-corrected chi connectivity index (χ1v) is 7.46. The lowest BCUT2D eigenvalue weighted by molar-refractivity contribution is 0.344. The number of benzene rings is 2. The van der Waals surface area contributed by atoms with Gasteiger partial charge in [-0.05, 0) is 36.4 Å². The third-order valence-corrected chi connectivity index (χ3v) is 4.20. The van der Waals surface area contributed by atoms with Gasteiger partial charge in [-0.3, -0.25) is 0 Å². The molecule has 0 unspecified atom stereocenters. The molecule has 2 N–H and O–H groups in total. The fourth-order valence-corrected chi connectivity index (χ4v) is 2.79. The Balaban J connectivity index is 1.82. The molecule has 0 saturated heterocycles. The molecule has 0 aliphatic rings. The molecule has 0 aliphatic carbocycles. The topological polar surface area (TPSA) is 35.2 Å². The van der Waals surface area contributed by atoms with Gasteiger partial charge < -0.3 is 10.5 Å². The van der Waals surface area contributed by atoms with Crippen LogP contribution in [0, 0.1) is 0 Å². The van der Waals surface area contributed by atoms with Crippen molar-refractivity contribution < 1.29 is 4.74 Å². The summed E-state index contributed by atoms with van der Waals surface area (Å²) in [7, 11) is 0. The molecule has 2 aromatic rings. The van der Waals surface area contributed by atoms with Gasteiger partial charge in [-0.1, -0.05) is 29.3 Å². The van der Waals surface area contributed by atoms with Crippen molar-refractivity contribution in [1.82, 2.24) is 0 Å². The zero-order valence-electron chi connectivity index (χ0n) is 10.1. The van der Waals surface area contributed by atoms with E-state index in [0.717, 1.165) is 16.4 Å². The first-order valence-electron chi connectivity index (χ1n) is 5.72. The summed E-state index contributed by atoms with van der Waals surface area (Å²) < 4.78 is 5.60. The van der Waals surface area contributed by atoms with Crippen LogP contribution in [-0.4, -0.2) is 12.4 Å². The van der Waals surface area contributed by atoms with Crippen molar-refractivity contribution in [2.24, 2.45) is 0 Å². The zero-order chi connectivity index (χ0) is 13.7. The number of halogens is 2. The second kappa shape index (κ2) is 6.94. The first kappa shape index (κ1) is 14.4. The third kappa shape index (κ3) is 4.23. The van der Waals surface area contributed by atoms with Gasteiger partial charge in [-0.2, -0.15) is 0 Å². The number of hydrogen-bond donors (Lipinski definition) is 1. The highest BCUT2D eigenvalue weighted by Gasteiger charge is 2.04. The monoisotopic (exact) mass is 313 g/mol. The molecule has 2 nitrogen and oxygen atoms in total. The molecule has 0 fully saturated rings. The summed E-state index contributed by atoms with van der Waals surface area (Å²) in [6.45, 7) is 0.580. The zero-order valence-corrected chi connectivity index (χ0v) is 12.4. The van der Waals surface area contributed by atoms with Gasteiger partial charge in [0.25, 0.3) is 0 Å². The second-order valence-electron chi connectivity index (χ2n) is 3.81. The van der Waals surface area contributed by atoms with Crippen molar-refractivity contribution >= 4 is 40.7 Å². The van der Waals surface area contributed by atoms with Gasteiger partial charge >= 0.3 is 0 Å². The Morgan fingerprint density at radius 2 is 1.79 bits per heavy atom. The summed E-state index contributed by atoms with van der Waals surface area (Å²) in [5.74, 6) is 1.58. The molecular formula is C14H13Cl2NOS. The van der Waals surface area contributed by atoms with Crippen LogP contribution < -0.4 is 10.5 Å². The lowest BCUT2D eigenvalue weighted by Crippen LogP contribution is -2.00. The Labute approximate surface area is 126 Å². The summed E-state index contributed by atoms with van der Waals surface area (Å²) in [6.07, 6.45) is 0. The average molecular weight is 314 g/mol. The molecule has 0 radical (unpaired) electrons. The number of rotatable bonds is 5. The van der Waals surface area contributed by atoms with E-state index in [1.807, 2.05) is 30.3 Å². The van der Waals surface area contributed by atoms with Gasteiger partial charge in [0.05, 0.1) is 11.6 Å². The maximum Gasteiger partial charge on any atom is 0.119 e. The maximum absolute atomic E-state index is 6.09. The van der Waals surface area contributed by atoms with Crippen molar-refractivity contribution in [2.75, 3.05) is 18.1 Å². The van der Waals surface area contributed by atoms with E-state index in [1.165, 1.54) is 0 Å². The minimum absolute atomic E-state index is 0.580. The predicted octanol–water partition coefficient (Wildman–Crippen LogP) is 4.75. The Morgan fingerprint density at radius 3 is 2.47 bits per heavy atom. The summed E-state index contributed by atoms with van der Waals surface area (Å²) in [4.78, 5) is 0.906. The second-order valence-corrected chi connectivity index (χ2v) is 5.76. The van der Waals surface area contributed by atoms with Crippen LogP contribution in [0.1, 0.15) is 0 Å². The van der Waals surface area contributed by atoms with E-state index >= 15 is 0 Å². The largest absolute Gasteiger partial charge is 0.493 e. The van der Waals surface area contributed by atoms with Crippen molar-refractivity contribution in [3.63, 3.8) is 0 Å².